The summed E-state index contributed by atoms with van der Waals surface area (Å²) in [5.74, 6) is 1.02. The number of hydrogen-bond donors (Lipinski definition) is 0. The highest BCUT2D eigenvalue weighted by Crippen LogP contribution is 2.29. The van der Waals surface area contributed by atoms with Crippen LogP contribution in [0.1, 0.15) is 11.1 Å². The zero-order chi connectivity index (χ0) is 15.4. The lowest BCUT2D eigenvalue weighted by Crippen LogP contribution is -1.91. The van der Waals surface area contributed by atoms with Crippen LogP contribution in [-0.4, -0.2) is 0 Å². The van der Waals surface area contributed by atoms with Crippen molar-refractivity contribution in [3.05, 3.63) is 70.4 Å². The van der Waals surface area contributed by atoms with Crippen LogP contribution in [0.25, 0.3) is 11.1 Å². The van der Waals surface area contributed by atoms with Crippen LogP contribution in [0.15, 0.2) is 59.3 Å². The van der Waals surface area contributed by atoms with Crippen LogP contribution < -0.4 is 4.74 Å². The summed E-state index contributed by atoms with van der Waals surface area (Å²) >= 11 is 1.65. The second-order valence-electron chi connectivity index (χ2n) is 4.54. The minimum Gasteiger partial charge on any atom is -0.456 e. The van der Waals surface area contributed by atoms with Gasteiger partial charge in [0.25, 0.3) is 0 Å². The van der Waals surface area contributed by atoms with Crippen molar-refractivity contribution in [2.24, 2.45) is 0 Å². The molecule has 0 bridgehead atoms. The van der Waals surface area contributed by atoms with Crippen molar-refractivity contribution in [1.29, 1.82) is 10.5 Å². The average molecular weight is 302 g/mol. The number of rotatable bonds is 3. The van der Waals surface area contributed by atoms with Gasteiger partial charge in [-0.3, -0.25) is 0 Å². The van der Waals surface area contributed by atoms with Gasteiger partial charge in [-0.05, 0) is 52.2 Å². The van der Waals surface area contributed by atoms with Gasteiger partial charge < -0.3 is 4.74 Å². The zero-order valence-corrected chi connectivity index (χ0v) is 12.3. The number of nitriles is 2. The minimum absolute atomic E-state index is 0.256. The Balaban J connectivity index is 1.89. The fourth-order valence-electron chi connectivity index (χ4n) is 2.10. The van der Waals surface area contributed by atoms with Gasteiger partial charge in [0, 0.05) is 0 Å². The Morgan fingerprint density at radius 3 is 2.32 bits per heavy atom. The Kier molecular flexibility index (Phi) is 3.87. The Morgan fingerprint density at radius 2 is 1.68 bits per heavy atom. The monoisotopic (exact) mass is 302 g/mol. The predicted molar refractivity (Wildman–Crippen MR) is 85.7 cm³/mol. The number of nitrogens with zero attached hydrogens (tertiary/aromatic N) is 2. The van der Waals surface area contributed by atoms with Gasteiger partial charge in [-0.25, -0.2) is 0 Å². The van der Waals surface area contributed by atoms with Crippen LogP contribution in [-0.2, 0) is 0 Å². The minimum atomic E-state index is 0.256. The molecule has 1 heterocycles. The molecule has 0 aliphatic heterocycles. The summed E-state index contributed by atoms with van der Waals surface area (Å²) < 4.78 is 5.74. The molecule has 0 radical (unpaired) electrons. The molecule has 22 heavy (non-hydrogen) atoms. The smallest absolute Gasteiger partial charge is 0.146 e. The van der Waals surface area contributed by atoms with Gasteiger partial charge in [0.05, 0.1) is 5.56 Å². The summed E-state index contributed by atoms with van der Waals surface area (Å²) in [7, 11) is 0. The van der Waals surface area contributed by atoms with Gasteiger partial charge in [-0.2, -0.15) is 21.9 Å². The first kappa shape index (κ1) is 13.9. The molecule has 0 fully saturated rings. The van der Waals surface area contributed by atoms with E-state index in [9.17, 15) is 5.26 Å². The molecule has 3 nitrogen and oxygen atoms in total. The zero-order valence-electron chi connectivity index (χ0n) is 11.5. The quantitative estimate of drug-likeness (QED) is 0.687. The summed E-state index contributed by atoms with van der Waals surface area (Å²) in [6.45, 7) is 0. The summed E-state index contributed by atoms with van der Waals surface area (Å²) in [6.07, 6.45) is 0. The van der Waals surface area contributed by atoms with Crippen LogP contribution in [0.5, 0.6) is 11.5 Å². The standard InChI is InChI=1S/C18H10N2OS/c19-10-14-2-1-3-18(17(14)11-20)21-16-6-4-13(5-7-16)15-8-9-22-12-15/h1-9,12H. The first-order valence-electron chi connectivity index (χ1n) is 6.55. The molecule has 0 amide bonds. The molecule has 2 aromatic carbocycles. The lowest BCUT2D eigenvalue weighted by molar-refractivity contribution is 0.481. The van der Waals surface area contributed by atoms with Crippen LogP contribution in [0.2, 0.25) is 0 Å². The molecule has 104 valence electrons. The molecule has 4 heteroatoms. The Hall–Kier alpha value is -3.08. The number of hydrogen-bond acceptors (Lipinski definition) is 4. The summed E-state index contributed by atoms with van der Waals surface area (Å²) in [5.41, 5.74) is 2.85. The van der Waals surface area contributed by atoms with Crippen molar-refractivity contribution in [3.63, 3.8) is 0 Å². The Labute approximate surface area is 132 Å². The van der Waals surface area contributed by atoms with Crippen molar-refractivity contribution < 1.29 is 4.74 Å². The fraction of sp³-hybridized carbons (Fsp3) is 0. The molecule has 0 aliphatic carbocycles. The van der Waals surface area contributed by atoms with E-state index < -0.39 is 0 Å². The van der Waals surface area contributed by atoms with Crippen molar-refractivity contribution in [1.82, 2.24) is 0 Å². The number of thiophene rings is 1. The molecular weight excluding hydrogens is 292 g/mol. The van der Waals surface area contributed by atoms with E-state index in [1.54, 1.807) is 29.5 Å². The maximum Gasteiger partial charge on any atom is 0.146 e. The van der Waals surface area contributed by atoms with Crippen LogP contribution in [0.4, 0.5) is 0 Å². The molecule has 0 aliphatic rings. The van der Waals surface area contributed by atoms with Crippen molar-refractivity contribution in [2.75, 3.05) is 0 Å². The van der Waals surface area contributed by atoms with Crippen molar-refractivity contribution in [2.45, 2.75) is 0 Å². The number of ether oxygens (including phenoxy) is 1. The lowest BCUT2D eigenvalue weighted by atomic mass is 10.1. The lowest BCUT2D eigenvalue weighted by Gasteiger charge is -2.08. The Morgan fingerprint density at radius 1 is 0.864 bits per heavy atom. The summed E-state index contributed by atoms with van der Waals surface area (Å²) in [5, 5.41) is 22.3. The molecule has 1 aromatic heterocycles. The highest BCUT2D eigenvalue weighted by Gasteiger charge is 2.09. The SMILES string of the molecule is N#Cc1cccc(Oc2ccc(-c3ccsc3)cc2)c1C#N. The van der Waals surface area contributed by atoms with Gasteiger partial charge in [0.1, 0.15) is 29.2 Å². The van der Waals surface area contributed by atoms with Gasteiger partial charge in [-0.15, -0.1) is 0 Å². The van der Waals surface area contributed by atoms with Gasteiger partial charge in [-0.1, -0.05) is 18.2 Å². The molecule has 3 aromatic rings. The molecule has 0 unspecified atom stereocenters. The van der Waals surface area contributed by atoms with E-state index in [0.29, 0.717) is 17.1 Å². The van der Waals surface area contributed by atoms with Crippen LogP contribution in [0, 0.1) is 22.7 Å². The molecule has 3 rings (SSSR count). The third kappa shape index (κ3) is 2.69. The van der Waals surface area contributed by atoms with Crippen molar-refractivity contribution in [3.8, 4) is 34.8 Å². The highest BCUT2D eigenvalue weighted by atomic mass is 32.1. The third-order valence-corrected chi connectivity index (χ3v) is 3.88. The number of benzene rings is 2. The second kappa shape index (κ2) is 6.13. The van der Waals surface area contributed by atoms with E-state index in [0.717, 1.165) is 5.56 Å². The predicted octanol–water partition coefficient (Wildman–Crippen LogP) is 4.95. The summed E-state index contributed by atoms with van der Waals surface area (Å²) in [6, 6.07) is 18.7. The molecule has 0 atom stereocenters. The van der Waals surface area contributed by atoms with E-state index in [-0.39, 0.29) is 5.56 Å². The first-order chi connectivity index (χ1) is 10.8. The van der Waals surface area contributed by atoms with E-state index in [4.69, 9.17) is 10.00 Å². The molecule has 0 saturated carbocycles. The van der Waals surface area contributed by atoms with E-state index in [1.165, 1.54) is 5.56 Å². The average Bonchev–Trinajstić information content (AvgIpc) is 3.09. The first-order valence-corrected chi connectivity index (χ1v) is 7.50. The normalized spacial score (nSPS) is 9.73. The van der Waals surface area contributed by atoms with Gasteiger partial charge in [0.2, 0.25) is 0 Å². The topological polar surface area (TPSA) is 56.8 Å². The maximum atomic E-state index is 9.20. The van der Waals surface area contributed by atoms with Crippen molar-refractivity contribution >= 4 is 11.3 Å². The highest BCUT2D eigenvalue weighted by molar-refractivity contribution is 7.08. The molecule has 0 spiro atoms. The maximum absolute atomic E-state index is 9.20. The van der Waals surface area contributed by atoms with E-state index in [2.05, 4.69) is 11.4 Å². The van der Waals surface area contributed by atoms with E-state index in [1.807, 2.05) is 41.8 Å². The molecule has 0 N–H and O–H groups in total. The van der Waals surface area contributed by atoms with Gasteiger partial charge >= 0.3 is 0 Å². The summed E-state index contributed by atoms with van der Waals surface area (Å²) in [4.78, 5) is 0. The Bertz CT molecular complexity index is 869. The fourth-order valence-corrected chi connectivity index (χ4v) is 2.76. The third-order valence-electron chi connectivity index (χ3n) is 3.20. The van der Waals surface area contributed by atoms with Gasteiger partial charge in [0.15, 0.2) is 0 Å². The van der Waals surface area contributed by atoms with Crippen LogP contribution >= 0.6 is 11.3 Å². The largest absolute Gasteiger partial charge is 0.456 e. The second-order valence-corrected chi connectivity index (χ2v) is 5.32. The molecule has 0 saturated heterocycles. The van der Waals surface area contributed by atoms with E-state index >= 15 is 0 Å². The van der Waals surface area contributed by atoms with Crippen LogP contribution in [0.3, 0.4) is 0 Å². The molecular formula is C18H10N2OS.